The number of imide groups is 1. The Morgan fingerprint density at radius 2 is 1.93 bits per heavy atom. The molecule has 1 aliphatic rings. The molecule has 3 amide bonds. The summed E-state index contributed by atoms with van der Waals surface area (Å²) in [4.78, 5) is 38.4. The molecule has 0 radical (unpaired) electrons. The summed E-state index contributed by atoms with van der Waals surface area (Å²) in [6.07, 6.45) is 5.51. The van der Waals surface area contributed by atoms with E-state index in [-0.39, 0.29) is 6.54 Å². The van der Waals surface area contributed by atoms with Gasteiger partial charge in [0.2, 0.25) is 5.91 Å². The summed E-state index contributed by atoms with van der Waals surface area (Å²) in [6.45, 7) is 6.23. The number of carbonyl (C=O) groups excluding carboxylic acids is 3. The van der Waals surface area contributed by atoms with Crippen LogP contribution in [0.25, 0.3) is 6.08 Å². The summed E-state index contributed by atoms with van der Waals surface area (Å²) >= 11 is 0.843. The molecular weight excluding hydrogens is 390 g/mol. The first-order valence-electron chi connectivity index (χ1n) is 9.33. The summed E-state index contributed by atoms with van der Waals surface area (Å²) in [5.41, 5.74) is 1.40. The minimum absolute atomic E-state index is 0.304. The summed E-state index contributed by atoms with van der Waals surface area (Å²) in [5, 5.41) is 2.23. The number of nitrogens with zero attached hydrogens (tertiary/aromatic N) is 2. The maximum absolute atomic E-state index is 12.6. The van der Waals surface area contributed by atoms with Crippen LogP contribution in [-0.4, -0.2) is 39.7 Å². The molecule has 29 heavy (non-hydrogen) atoms. The molecule has 1 N–H and O–H groups in total. The number of anilines is 1. The smallest absolute Gasteiger partial charge is 0.294 e. The molecule has 0 saturated carbocycles. The van der Waals surface area contributed by atoms with Crippen molar-refractivity contribution in [1.82, 2.24) is 9.47 Å². The van der Waals surface area contributed by atoms with Gasteiger partial charge in [-0.2, -0.15) is 0 Å². The van der Waals surface area contributed by atoms with Crippen molar-refractivity contribution in [3.8, 4) is 5.75 Å². The maximum Gasteiger partial charge on any atom is 0.294 e. The summed E-state index contributed by atoms with van der Waals surface area (Å²) < 4.78 is 7.37. The van der Waals surface area contributed by atoms with Crippen LogP contribution in [0.2, 0.25) is 0 Å². The van der Waals surface area contributed by atoms with E-state index in [9.17, 15) is 14.4 Å². The standard InChI is InChI=1S/C21H23N3O4S/c1-4-28-17-7-5-16(6-8-17)22-19(25)13-24-20(26)18(29-21(24)27)11-15-9-10-23(12-15)14(2)3/h5-12,14H,4,13H2,1-3H3,(H,22,25)/b18-11+. The highest BCUT2D eigenvalue weighted by atomic mass is 32.2. The lowest BCUT2D eigenvalue weighted by atomic mass is 10.3. The van der Waals surface area contributed by atoms with Gasteiger partial charge in [0.25, 0.3) is 11.1 Å². The van der Waals surface area contributed by atoms with Crippen LogP contribution in [0, 0.1) is 0 Å². The van der Waals surface area contributed by atoms with Gasteiger partial charge in [0.1, 0.15) is 12.3 Å². The lowest BCUT2D eigenvalue weighted by Gasteiger charge is -2.12. The van der Waals surface area contributed by atoms with Crippen molar-refractivity contribution in [2.45, 2.75) is 26.8 Å². The number of nitrogens with one attached hydrogen (secondary N) is 1. The normalized spacial score (nSPS) is 15.4. The molecule has 1 saturated heterocycles. The molecule has 1 aromatic heterocycles. The van der Waals surface area contributed by atoms with E-state index in [1.165, 1.54) is 0 Å². The molecule has 1 aliphatic heterocycles. The van der Waals surface area contributed by atoms with E-state index in [4.69, 9.17) is 4.74 Å². The molecule has 152 valence electrons. The fourth-order valence-corrected chi connectivity index (χ4v) is 3.61. The second-order valence-corrected chi connectivity index (χ2v) is 7.75. The van der Waals surface area contributed by atoms with Gasteiger partial charge in [-0.05, 0) is 74.5 Å². The van der Waals surface area contributed by atoms with Crippen LogP contribution in [0.3, 0.4) is 0 Å². The zero-order valence-electron chi connectivity index (χ0n) is 16.5. The number of aromatic nitrogens is 1. The van der Waals surface area contributed by atoms with Gasteiger partial charge >= 0.3 is 0 Å². The van der Waals surface area contributed by atoms with E-state index in [1.54, 1.807) is 30.3 Å². The van der Waals surface area contributed by atoms with Crippen molar-refractivity contribution in [3.63, 3.8) is 0 Å². The van der Waals surface area contributed by atoms with Gasteiger partial charge in [0.15, 0.2) is 0 Å². The van der Waals surface area contributed by atoms with Gasteiger partial charge in [0, 0.05) is 24.1 Å². The van der Waals surface area contributed by atoms with Gasteiger partial charge in [-0.25, -0.2) is 0 Å². The molecule has 1 fully saturated rings. The number of carbonyl (C=O) groups is 3. The molecule has 3 rings (SSSR count). The van der Waals surface area contributed by atoms with Gasteiger partial charge in [-0.3, -0.25) is 19.3 Å². The first-order chi connectivity index (χ1) is 13.9. The highest BCUT2D eigenvalue weighted by molar-refractivity contribution is 8.18. The lowest BCUT2D eigenvalue weighted by molar-refractivity contribution is -0.127. The van der Waals surface area contributed by atoms with E-state index in [2.05, 4.69) is 19.2 Å². The molecule has 7 nitrogen and oxygen atoms in total. The topological polar surface area (TPSA) is 80.6 Å². The SMILES string of the molecule is CCOc1ccc(NC(=O)CN2C(=O)S/C(=C/c3ccn(C(C)C)c3)C2=O)cc1. The number of ether oxygens (including phenoxy) is 1. The zero-order valence-corrected chi connectivity index (χ0v) is 17.4. The van der Waals surface area contributed by atoms with Crippen molar-refractivity contribution in [2.24, 2.45) is 0 Å². The Bertz CT molecular complexity index is 947. The number of amides is 3. The highest BCUT2D eigenvalue weighted by Crippen LogP contribution is 2.32. The quantitative estimate of drug-likeness (QED) is 0.690. The fourth-order valence-electron chi connectivity index (χ4n) is 2.77. The molecule has 8 heteroatoms. The molecule has 0 atom stereocenters. The molecule has 2 heterocycles. The average Bonchev–Trinajstić information content (AvgIpc) is 3.24. The van der Waals surface area contributed by atoms with Crippen molar-refractivity contribution >= 4 is 40.6 Å². The molecule has 0 aliphatic carbocycles. The first kappa shape index (κ1) is 20.7. The van der Waals surface area contributed by atoms with Crippen molar-refractivity contribution in [1.29, 1.82) is 0 Å². The number of hydrogen-bond acceptors (Lipinski definition) is 5. The molecule has 1 aromatic carbocycles. The highest BCUT2D eigenvalue weighted by Gasteiger charge is 2.36. The predicted molar refractivity (Wildman–Crippen MR) is 114 cm³/mol. The third-order valence-electron chi connectivity index (χ3n) is 4.26. The number of thioether (sulfide) groups is 1. The van der Waals surface area contributed by atoms with E-state index in [1.807, 2.05) is 30.0 Å². The van der Waals surface area contributed by atoms with Crippen LogP contribution in [0.1, 0.15) is 32.4 Å². The Morgan fingerprint density at radius 3 is 2.55 bits per heavy atom. The van der Waals surface area contributed by atoms with Crippen molar-refractivity contribution in [3.05, 3.63) is 53.2 Å². The Morgan fingerprint density at radius 1 is 1.21 bits per heavy atom. The number of benzene rings is 1. The second kappa shape index (κ2) is 9.00. The first-order valence-corrected chi connectivity index (χ1v) is 10.1. The fraction of sp³-hybridized carbons (Fsp3) is 0.286. The van der Waals surface area contributed by atoms with Gasteiger partial charge in [0.05, 0.1) is 11.5 Å². The zero-order chi connectivity index (χ0) is 21.0. The number of rotatable bonds is 7. The Labute approximate surface area is 173 Å². The number of hydrogen-bond donors (Lipinski definition) is 1. The average molecular weight is 413 g/mol. The van der Waals surface area contributed by atoms with Crippen molar-refractivity contribution < 1.29 is 19.1 Å². The third kappa shape index (κ3) is 5.08. The van der Waals surface area contributed by atoms with E-state index >= 15 is 0 Å². The Kier molecular flexibility index (Phi) is 6.43. The molecule has 0 bridgehead atoms. The molecule has 0 spiro atoms. The summed E-state index contributed by atoms with van der Waals surface area (Å²) in [6, 6.07) is 9.08. The summed E-state index contributed by atoms with van der Waals surface area (Å²) in [5.74, 6) is -0.198. The maximum atomic E-state index is 12.6. The molecule has 2 aromatic rings. The van der Waals surface area contributed by atoms with Gasteiger partial charge in [-0.1, -0.05) is 0 Å². The minimum atomic E-state index is -0.459. The third-order valence-corrected chi connectivity index (χ3v) is 5.16. The minimum Gasteiger partial charge on any atom is -0.494 e. The molecule has 0 unspecified atom stereocenters. The van der Waals surface area contributed by atoms with Crippen LogP contribution in [0.4, 0.5) is 10.5 Å². The largest absolute Gasteiger partial charge is 0.494 e. The van der Waals surface area contributed by atoms with E-state index < -0.39 is 17.1 Å². The van der Waals surface area contributed by atoms with E-state index in [0.29, 0.717) is 29.0 Å². The monoisotopic (exact) mass is 413 g/mol. The van der Waals surface area contributed by atoms with E-state index in [0.717, 1.165) is 22.2 Å². The van der Waals surface area contributed by atoms with Crippen LogP contribution in [0.15, 0.2) is 47.6 Å². The van der Waals surface area contributed by atoms with Crippen LogP contribution in [-0.2, 0) is 9.59 Å². The Balaban J connectivity index is 1.63. The second-order valence-electron chi connectivity index (χ2n) is 6.76. The Hall–Kier alpha value is -3.00. The molecular formula is C21H23N3O4S. The lowest BCUT2D eigenvalue weighted by Crippen LogP contribution is -2.36. The van der Waals surface area contributed by atoms with Gasteiger partial charge < -0.3 is 14.6 Å². The predicted octanol–water partition coefficient (Wildman–Crippen LogP) is 4.14. The van der Waals surface area contributed by atoms with Crippen molar-refractivity contribution in [2.75, 3.05) is 18.5 Å². The van der Waals surface area contributed by atoms with Gasteiger partial charge in [-0.15, -0.1) is 0 Å². The van der Waals surface area contributed by atoms with Crippen LogP contribution < -0.4 is 10.1 Å². The van der Waals surface area contributed by atoms with Crippen LogP contribution >= 0.6 is 11.8 Å². The van der Waals surface area contributed by atoms with Crippen LogP contribution in [0.5, 0.6) is 5.75 Å². The summed E-state index contributed by atoms with van der Waals surface area (Å²) in [7, 11) is 0.